The third-order valence-corrected chi connectivity index (χ3v) is 5.32. The number of hydrogen-bond acceptors (Lipinski definition) is 3. The minimum atomic E-state index is 0.0181. The molecule has 0 unspecified atom stereocenters. The van der Waals surface area contributed by atoms with E-state index < -0.39 is 0 Å². The molecule has 0 spiro atoms. The highest BCUT2D eigenvalue weighted by atomic mass is 32.1. The van der Waals surface area contributed by atoms with Gasteiger partial charge in [-0.3, -0.25) is 0 Å². The maximum atomic E-state index is 12.2. The zero-order valence-electron chi connectivity index (χ0n) is 12.9. The summed E-state index contributed by atoms with van der Waals surface area (Å²) in [6.45, 7) is 3.08. The third kappa shape index (κ3) is 4.45. The number of aliphatic hydroxyl groups excluding tert-OH is 1. The molecule has 1 saturated carbocycles. The molecule has 5 heteroatoms. The van der Waals surface area contributed by atoms with Crippen molar-refractivity contribution in [3.8, 4) is 0 Å². The molecular formula is C16H26N2O2S. The van der Waals surface area contributed by atoms with Gasteiger partial charge in [0.1, 0.15) is 0 Å². The Kier molecular flexibility index (Phi) is 6.06. The first-order chi connectivity index (χ1) is 10.1. The second-order valence-electron chi connectivity index (χ2n) is 6.11. The molecule has 2 amide bonds. The van der Waals surface area contributed by atoms with Crippen molar-refractivity contribution in [2.75, 3.05) is 20.2 Å². The van der Waals surface area contributed by atoms with E-state index in [9.17, 15) is 4.79 Å². The van der Waals surface area contributed by atoms with Gasteiger partial charge in [-0.15, -0.1) is 0 Å². The average Bonchev–Trinajstić information content (AvgIpc) is 3.06. The number of aliphatic hydroxyl groups is 1. The molecule has 1 aromatic heterocycles. The summed E-state index contributed by atoms with van der Waals surface area (Å²) in [6.07, 6.45) is 4.03. The van der Waals surface area contributed by atoms with Crippen LogP contribution in [-0.4, -0.2) is 42.3 Å². The quantitative estimate of drug-likeness (QED) is 0.878. The van der Waals surface area contributed by atoms with Crippen molar-refractivity contribution in [2.24, 2.45) is 5.92 Å². The Balaban J connectivity index is 1.75. The SMILES string of the molecule is C[C@@H](CNC(=O)N(C)C1CCC(CO)CC1)c1ccsc1. The Morgan fingerprint density at radius 2 is 2.19 bits per heavy atom. The first-order valence-corrected chi connectivity index (χ1v) is 8.69. The number of amides is 2. The van der Waals surface area contributed by atoms with Crippen LogP contribution >= 0.6 is 11.3 Å². The van der Waals surface area contributed by atoms with Crippen LogP contribution in [0, 0.1) is 5.92 Å². The Morgan fingerprint density at radius 3 is 2.76 bits per heavy atom. The second-order valence-corrected chi connectivity index (χ2v) is 6.89. The largest absolute Gasteiger partial charge is 0.396 e. The van der Waals surface area contributed by atoms with E-state index in [1.165, 1.54) is 5.56 Å². The lowest BCUT2D eigenvalue weighted by atomic mass is 9.86. The molecule has 0 radical (unpaired) electrons. The predicted molar refractivity (Wildman–Crippen MR) is 86.7 cm³/mol. The molecule has 118 valence electrons. The molecule has 2 N–H and O–H groups in total. The average molecular weight is 310 g/mol. The van der Waals surface area contributed by atoms with Gasteiger partial charge in [-0.05, 0) is 59.9 Å². The minimum absolute atomic E-state index is 0.0181. The summed E-state index contributed by atoms with van der Waals surface area (Å²) in [5.74, 6) is 0.773. The molecule has 1 aliphatic carbocycles. The zero-order chi connectivity index (χ0) is 15.2. The molecule has 4 nitrogen and oxygen atoms in total. The lowest BCUT2D eigenvalue weighted by molar-refractivity contribution is 0.134. The molecule has 1 fully saturated rings. The van der Waals surface area contributed by atoms with Gasteiger partial charge in [-0.2, -0.15) is 11.3 Å². The smallest absolute Gasteiger partial charge is 0.317 e. The second kappa shape index (κ2) is 7.80. The summed E-state index contributed by atoms with van der Waals surface area (Å²) in [6, 6.07) is 2.44. The van der Waals surface area contributed by atoms with Crippen LogP contribution in [0.25, 0.3) is 0 Å². The molecule has 2 rings (SSSR count). The van der Waals surface area contributed by atoms with Crippen LogP contribution in [0.5, 0.6) is 0 Å². The van der Waals surface area contributed by atoms with Gasteiger partial charge in [0.05, 0.1) is 0 Å². The summed E-state index contributed by atoms with van der Waals surface area (Å²) < 4.78 is 0. The van der Waals surface area contributed by atoms with Crippen LogP contribution in [0.1, 0.15) is 44.1 Å². The molecule has 1 atom stereocenters. The molecule has 21 heavy (non-hydrogen) atoms. The van der Waals surface area contributed by atoms with Crippen molar-refractivity contribution < 1.29 is 9.90 Å². The fourth-order valence-electron chi connectivity index (χ4n) is 2.92. The van der Waals surface area contributed by atoms with Gasteiger partial charge in [-0.1, -0.05) is 6.92 Å². The van der Waals surface area contributed by atoms with Crippen molar-refractivity contribution in [2.45, 2.75) is 44.6 Å². The third-order valence-electron chi connectivity index (χ3n) is 4.61. The Hall–Kier alpha value is -1.07. The number of carbonyl (C=O) groups is 1. The molecule has 0 aliphatic heterocycles. The van der Waals surface area contributed by atoms with Gasteiger partial charge in [0.25, 0.3) is 0 Å². The van der Waals surface area contributed by atoms with E-state index in [1.807, 2.05) is 11.9 Å². The number of carbonyl (C=O) groups excluding carboxylic acids is 1. The van der Waals surface area contributed by atoms with Gasteiger partial charge >= 0.3 is 6.03 Å². The van der Waals surface area contributed by atoms with Gasteiger partial charge in [0, 0.05) is 26.2 Å². The maximum Gasteiger partial charge on any atom is 0.317 e. The van der Waals surface area contributed by atoms with E-state index in [-0.39, 0.29) is 12.6 Å². The van der Waals surface area contributed by atoms with Crippen molar-refractivity contribution >= 4 is 17.4 Å². The molecule has 1 aliphatic rings. The number of nitrogens with zero attached hydrogens (tertiary/aromatic N) is 1. The maximum absolute atomic E-state index is 12.2. The minimum Gasteiger partial charge on any atom is -0.396 e. The molecule has 1 aromatic rings. The monoisotopic (exact) mass is 310 g/mol. The highest BCUT2D eigenvalue weighted by Gasteiger charge is 2.26. The van der Waals surface area contributed by atoms with Gasteiger partial charge < -0.3 is 15.3 Å². The highest BCUT2D eigenvalue weighted by Crippen LogP contribution is 2.26. The fraction of sp³-hybridized carbons (Fsp3) is 0.688. The Morgan fingerprint density at radius 1 is 1.48 bits per heavy atom. The van der Waals surface area contributed by atoms with Gasteiger partial charge in [0.15, 0.2) is 0 Å². The van der Waals surface area contributed by atoms with Crippen LogP contribution in [0.2, 0.25) is 0 Å². The summed E-state index contributed by atoms with van der Waals surface area (Å²) in [7, 11) is 1.88. The first kappa shape index (κ1) is 16.3. The van der Waals surface area contributed by atoms with Gasteiger partial charge in [0.2, 0.25) is 0 Å². The van der Waals surface area contributed by atoms with E-state index in [0.29, 0.717) is 24.4 Å². The topological polar surface area (TPSA) is 52.6 Å². The molecule has 0 saturated heterocycles. The van der Waals surface area contributed by atoms with Crippen molar-refractivity contribution in [1.82, 2.24) is 10.2 Å². The first-order valence-electron chi connectivity index (χ1n) is 7.75. The van der Waals surface area contributed by atoms with Crippen LogP contribution in [0.4, 0.5) is 4.79 Å². The number of urea groups is 1. The van der Waals surface area contributed by atoms with Crippen LogP contribution in [0.15, 0.2) is 16.8 Å². The van der Waals surface area contributed by atoms with E-state index in [0.717, 1.165) is 25.7 Å². The number of nitrogens with one attached hydrogen (secondary N) is 1. The standard InChI is InChI=1S/C16H26N2O2S/c1-12(14-7-8-21-11-14)9-17-16(20)18(2)15-5-3-13(10-19)4-6-15/h7-8,11-13,15,19H,3-6,9-10H2,1-2H3,(H,17,20)/t12-,13?,15?/m0/s1. The zero-order valence-corrected chi connectivity index (χ0v) is 13.7. The normalized spacial score (nSPS) is 23.6. The summed E-state index contributed by atoms with van der Waals surface area (Å²) in [5.41, 5.74) is 1.28. The van der Waals surface area contributed by atoms with Crippen LogP contribution in [0.3, 0.4) is 0 Å². The highest BCUT2D eigenvalue weighted by molar-refractivity contribution is 7.07. The number of hydrogen-bond donors (Lipinski definition) is 2. The van der Waals surface area contributed by atoms with Crippen LogP contribution < -0.4 is 5.32 Å². The Bertz CT molecular complexity index is 427. The van der Waals surface area contributed by atoms with Crippen molar-refractivity contribution in [1.29, 1.82) is 0 Å². The van der Waals surface area contributed by atoms with Crippen molar-refractivity contribution in [3.63, 3.8) is 0 Å². The lowest BCUT2D eigenvalue weighted by Gasteiger charge is -2.34. The van der Waals surface area contributed by atoms with E-state index in [1.54, 1.807) is 11.3 Å². The number of thiophene rings is 1. The lowest BCUT2D eigenvalue weighted by Crippen LogP contribution is -2.46. The summed E-state index contributed by atoms with van der Waals surface area (Å²) in [4.78, 5) is 14.1. The van der Waals surface area contributed by atoms with Gasteiger partial charge in [-0.25, -0.2) is 4.79 Å². The summed E-state index contributed by atoms with van der Waals surface area (Å²) in [5, 5.41) is 16.4. The molecule has 0 bridgehead atoms. The summed E-state index contributed by atoms with van der Waals surface area (Å²) >= 11 is 1.69. The molecular weight excluding hydrogens is 284 g/mol. The predicted octanol–water partition coefficient (Wildman–Crippen LogP) is 3.04. The fourth-order valence-corrected chi connectivity index (χ4v) is 3.70. The van der Waals surface area contributed by atoms with E-state index in [2.05, 4.69) is 29.1 Å². The number of rotatable bonds is 5. The molecule has 1 heterocycles. The van der Waals surface area contributed by atoms with Crippen molar-refractivity contribution in [3.05, 3.63) is 22.4 Å². The van der Waals surface area contributed by atoms with E-state index >= 15 is 0 Å². The Labute approximate surface area is 131 Å². The van der Waals surface area contributed by atoms with E-state index in [4.69, 9.17) is 5.11 Å². The molecule has 0 aromatic carbocycles. The van der Waals surface area contributed by atoms with Crippen LogP contribution in [-0.2, 0) is 0 Å².